The van der Waals surface area contributed by atoms with E-state index in [4.69, 9.17) is 4.74 Å². The molecular weight excluding hydrogens is 292 g/mol. The maximum absolute atomic E-state index is 13.2. The summed E-state index contributed by atoms with van der Waals surface area (Å²) in [5.41, 5.74) is 0.433. The highest BCUT2D eigenvalue weighted by Crippen LogP contribution is 2.26. The van der Waals surface area contributed by atoms with Crippen LogP contribution in [0.3, 0.4) is 0 Å². The van der Waals surface area contributed by atoms with E-state index in [1.165, 1.54) is 12.4 Å². The Labute approximate surface area is 125 Å². The summed E-state index contributed by atoms with van der Waals surface area (Å²) < 4.78 is 32.0. The second-order valence-corrected chi connectivity index (χ2v) is 5.26. The van der Waals surface area contributed by atoms with E-state index < -0.39 is 11.6 Å². The lowest BCUT2D eigenvalue weighted by molar-refractivity contribution is 0.0893. The Morgan fingerprint density at radius 2 is 2.05 bits per heavy atom. The number of ether oxygens (including phenoxy) is 1. The van der Waals surface area contributed by atoms with E-state index in [0.29, 0.717) is 12.0 Å². The van der Waals surface area contributed by atoms with Crippen LogP contribution in [0.15, 0.2) is 30.6 Å². The van der Waals surface area contributed by atoms with Crippen LogP contribution in [-0.2, 0) is 0 Å². The fraction of sp³-hybridized carbons (Fsp3) is 0.333. The predicted molar refractivity (Wildman–Crippen MR) is 74.5 cm³/mol. The minimum Gasteiger partial charge on any atom is -0.488 e. The van der Waals surface area contributed by atoms with E-state index in [9.17, 15) is 13.6 Å². The summed E-state index contributed by atoms with van der Waals surface area (Å²) in [5.74, 6) is -1.49. The molecule has 0 aliphatic heterocycles. The Morgan fingerprint density at radius 3 is 2.73 bits per heavy atom. The molecule has 1 aromatic carbocycles. The van der Waals surface area contributed by atoms with Gasteiger partial charge in [0.2, 0.25) is 0 Å². The van der Waals surface area contributed by atoms with Crippen molar-refractivity contribution in [3.05, 3.63) is 47.8 Å². The summed E-state index contributed by atoms with van der Waals surface area (Å²) in [5, 5.41) is 9.17. The number of amides is 1. The number of carbonyl (C=O) groups excluding carboxylic acids is 1. The molecule has 1 heterocycles. The average molecular weight is 307 g/mol. The average Bonchev–Trinajstić information content (AvgIpc) is 3.10. The van der Waals surface area contributed by atoms with Crippen molar-refractivity contribution in [3.63, 3.8) is 0 Å². The highest BCUT2D eigenvalue weighted by Gasteiger charge is 2.31. The van der Waals surface area contributed by atoms with Gasteiger partial charge in [-0.15, -0.1) is 0 Å². The lowest BCUT2D eigenvalue weighted by Gasteiger charge is -2.22. The summed E-state index contributed by atoms with van der Waals surface area (Å²) in [7, 11) is 0. The number of H-pyrrole nitrogens is 1. The molecule has 3 rings (SSSR count). The number of aromatic nitrogens is 2. The van der Waals surface area contributed by atoms with Gasteiger partial charge in [-0.05, 0) is 19.3 Å². The van der Waals surface area contributed by atoms with Crippen molar-refractivity contribution in [3.8, 4) is 5.75 Å². The van der Waals surface area contributed by atoms with E-state index in [-0.39, 0.29) is 23.8 Å². The molecule has 0 radical (unpaired) electrons. The third kappa shape index (κ3) is 3.24. The molecule has 116 valence electrons. The van der Waals surface area contributed by atoms with Crippen LogP contribution >= 0.6 is 0 Å². The number of rotatable bonds is 4. The van der Waals surface area contributed by atoms with E-state index in [0.717, 1.165) is 31.0 Å². The topological polar surface area (TPSA) is 67.0 Å². The lowest BCUT2D eigenvalue weighted by Crippen LogP contribution is -2.42. The van der Waals surface area contributed by atoms with Crippen molar-refractivity contribution >= 4 is 5.91 Å². The fourth-order valence-electron chi connectivity index (χ4n) is 2.63. The van der Waals surface area contributed by atoms with Crippen molar-refractivity contribution in [1.82, 2.24) is 15.5 Å². The number of hydrogen-bond acceptors (Lipinski definition) is 3. The van der Waals surface area contributed by atoms with Crippen molar-refractivity contribution in [1.29, 1.82) is 0 Å². The smallest absolute Gasteiger partial charge is 0.254 e. The first kappa shape index (κ1) is 14.5. The molecule has 1 aliphatic carbocycles. The van der Waals surface area contributed by atoms with Gasteiger partial charge in [0.25, 0.3) is 5.91 Å². The van der Waals surface area contributed by atoms with Gasteiger partial charge in [0, 0.05) is 24.4 Å². The maximum Gasteiger partial charge on any atom is 0.254 e. The monoisotopic (exact) mass is 307 g/mol. The Balaban J connectivity index is 1.66. The molecule has 5 nitrogen and oxygen atoms in total. The quantitative estimate of drug-likeness (QED) is 0.911. The van der Waals surface area contributed by atoms with Crippen LogP contribution in [0, 0.1) is 11.6 Å². The summed E-state index contributed by atoms with van der Waals surface area (Å²) in [4.78, 5) is 12.0. The molecule has 0 spiro atoms. The number of aromatic amines is 1. The highest BCUT2D eigenvalue weighted by molar-refractivity contribution is 5.93. The molecule has 2 N–H and O–H groups in total. The lowest BCUT2D eigenvalue weighted by atomic mass is 10.2. The molecule has 1 aromatic heterocycles. The van der Waals surface area contributed by atoms with Gasteiger partial charge in [-0.2, -0.15) is 5.10 Å². The third-order valence-corrected chi connectivity index (χ3v) is 3.65. The van der Waals surface area contributed by atoms with E-state index in [1.54, 1.807) is 0 Å². The minimum atomic E-state index is -0.688. The summed E-state index contributed by atoms with van der Waals surface area (Å²) >= 11 is 0. The van der Waals surface area contributed by atoms with Gasteiger partial charge in [0.05, 0.1) is 17.8 Å². The predicted octanol–water partition coefficient (Wildman–Crippen LogP) is 2.42. The van der Waals surface area contributed by atoms with Crippen LogP contribution in [0.5, 0.6) is 5.75 Å². The van der Waals surface area contributed by atoms with E-state index in [2.05, 4.69) is 15.5 Å². The molecule has 2 aromatic rings. The Kier molecular flexibility index (Phi) is 4.04. The van der Waals surface area contributed by atoms with Crippen molar-refractivity contribution in [2.24, 2.45) is 0 Å². The van der Waals surface area contributed by atoms with Gasteiger partial charge in [-0.3, -0.25) is 9.89 Å². The van der Waals surface area contributed by atoms with Gasteiger partial charge < -0.3 is 10.1 Å². The Bertz CT molecular complexity index is 641. The normalized spacial score (nSPS) is 20.8. The summed E-state index contributed by atoms with van der Waals surface area (Å²) in [6.45, 7) is 0. The fourth-order valence-corrected chi connectivity index (χ4v) is 2.63. The molecular formula is C15H15F2N3O2. The number of hydrogen-bond donors (Lipinski definition) is 2. The molecule has 1 amide bonds. The molecule has 0 unspecified atom stereocenters. The molecule has 0 saturated heterocycles. The van der Waals surface area contributed by atoms with Crippen molar-refractivity contribution in [2.75, 3.05) is 0 Å². The van der Waals surface area contributed by atoms with Crippen LogP contribution in [0.25, 0.3) is 0 Å². The Hall–Kier alpha value is -2.44. The zero-order valence-corrected chi connectivity index (χ0v) is 11.7. The molecule has 2 atom stereocenters. The number of carbonyl (C=O) groups is 1. The molecule has 22 heavy (non-hydrogen) atoms. The summed E-state index contributed by atoms with van der Waals surface area (Å²) in [6, 6.07) is 2.86. The molecule has 7 heteroatoms. The first-order valence-corrected chi connectivity index (χ1v) is 7.04. The van der Waals surface area contributed by atoms with Crippen molar-refractivity contribution < 1.29 is 18.3 Å². The van der Waals surface area contributed by atoms with Crippen LogP contribution in [0.1, 0.15) is 29.6 Å². The first-order valence-electron chi connectivity index (χ1n) is 7.04. The molecule has 1 aliphatic rings. The summed E-state index contributed by atoms with van der Waals surface area (Å²) in [6.07, 6.45) is 4.97. The number of nitrogens with one attached hydrogen (secondary N) is 2. The Morgan fingerprint density at radius 1 is 1.27 bits per heavy atom. The number of halogens is 2. The van der Waals surface area contributed by atoms with Crippen molar-refractivity contribution in [2.45, 2.75) is 31.4 Å². The molecule has 1 saturated carbocycles. The van der Waals surface area contributed by atoms with E-state index >= 15 is 0 Å². The zero-order chi connectivity index (χ0) is 15.5. The van der Waals surface area contributed by atoms with Gasteiger partial charge in [-0.25, -0.2) is 8.78 Å². The van der Waals surface area contributed by atoms with Crippen LogP contribution < -0.4 is 10.1 Å². The standard InChI is InChI=1S/C15H15F2N3O2/c16-10-4-11(17)6-12(5-10)22-14-3-1-2-13(14)20-15(21)9-7-18-19-8-9/h4-8,13-14H,1-3H2,(H,18,19)(H,20,21)/t13-,14+/m0/s1. The number of nitrogens with zero attached hydrogens (tertiary/aromatic N) is 1. The van der Waals surface area contributed by atoms with E-state index in [1.807, 2.05) is 0 Å². The maximum atomic E-state index is 13.2. The third-order valence-electron chi connectivity index (χ3n) is 3.65. The van der Waals surface area contributed by atoms with Crippen LogP contribution in [0.4, 0.5) is 8.78 Å². The highest BCUT2D eigenvalue weighted by atomic mass is 19.1. The molecule has 0 bridgehead atoms. The largest absolute Gasteiger partial charge is 0.488 e. The SMILES string of the molecule is O=C(N[C@H]1CCC[C@H]1Oc1cc(F)cc(F)c1)c1cn[nH]c1. The van der Waals surface area contributed by atoms with Crippen LogP contribution in [-0.4, -0.2) is 28.3 Å². The van der Waals surface area contributed by atoms with Gasteiger partial charge in [0.15, 0.2) is 0 Å². The van der Waals surface area contributed by atoms with Gasteiger partial charge in [0.1, 0.15) is 23.5 Å². The first-order chi connectivity index (χ1) is 10.6. The zero-order valence-electron chi connectivity index (χ0n) is 11.7. The minimum absolute atomic E-state index is 0.131. The second-order valence-electron chi connectivity index (χ2n) is 5.26. The van der Waals surface area contributed by atoms with Gasteiger partial charge in [-0.1, -0.05) is 0 Å². The second kappa shape index (κ2) is 6.13. The number of benzene rings is 1. The van der Waals surface area contributed by atoms with Crippen LogP contribution in [0.2, 0.25) is 0 Å². The molecule has 1 fully saturated rings. The van der Waals surface area contributed by atoms with Gasteiger partial charge >= 0.3 is 0 Å².